The lowest BCUT2D eigenvalue weighted by atomic mass is 9.95. The van der Waals surface area contributed by atoms with Crippen LogP contribution < -0.4 is 5.32 Å². The molecule has 3 heterocycles. The zero-order chi connectivity index (χ0) is 18.8. The largest absolute Gasteiger partial charge is 0.337 e. The fraction of sp³-hybridized carbons (Fsp3) is 0.421. The summed E-state index contributed by atoms with van der Waals surface area (Å²) < 4.78 is 11.6. The van der Waals surface area contributed by atoms with Crippen molar-refractivity contribution in [3.8, 4) is 0 Å². The summed E-state index contributed by atoms with van der Waals surface area (Å²) in [4.78, 5) is 32.8. The number of thiophene rings is 1. The fourth-order valence-corrected chi connectivity index (χ4v) is 5.88. The number of carbonyl (C=O) groups is 2. The van der Waals surface area contributed by atoms with E-state index in [1.165, 1.54) is 22.4 Å². The molecule has 2 aromatic rings. The Morgan fingerprint density at radius 1 is 1.19 bits per heavy atom. The Labute approximate surface area is 164 Å². The van der Waals surface area contributed by atoms with Gasteiger partial charge in [-0.05, 0) is 43.4 Å². The van der Waals surface area contributed by atoms with Gasteiger partial charge in [-0.2, -0.15) is 0 Å². The van der Waals surface area contributed by atoms with Crippen molar-refractivity contribution in [2.45, 2.75) is 25.7 Å². The van der Waals surface area contributed by atoms with Crippen LogP contribution in [0.2, 0.25) is 0 Å². The number of pyridine rings is 1. The lowest BCUT2D eigenvalue weighted by Crippen LogP contribution is -2.42. The van der Waals surface area contributed by atoms with E-state index in [2.05, 4.69) is 10.3 Å². The van der Waals surface area contributed by atoms with Crippen LogP contribution in [-0.2, 0) is 23.6 Å². The van der Waals surface area contributed by atoms with Crippen LogP contribution in [0.15, 0.2) is 24.5 Å². The monoisotopic (exact) mass is 403 g/mol. The van der Waals surface area contributed by atoms with Gasteiger partial charge < -0.3 is 10.2 Å². The molecule has 27 heavy (non-hydrogen) atoms. The summed E-state index contributed by atoms with van der Waals surface area (Å²) in [5, 5.41) is 3.58. The first kappa shape index (κ1) is 18.3. The number of aryl methyl sites for hydroxylation is 1. The number of nitrogens with one attached hydrogen (secondary N) is 1. The van der Waals surface area contributed by atoms with Gasteiger partial charge >= 0.3 is 0 Å². The van der Waals surface area contributed by atoms with E-state index >= 15 is 0 Å². The highest BCUT2D eigenvalue weighted by Crippen LogP contribution is 2.39. The number of anilines is 1. The number of amides is 2. The van der Waals surface area contributed by atoms with Gasteiger partial charge in [-0.1, -0.05) is 0 Å². The minimum absolute atomic E-state index is 0.0485. The number of carbonyl (C=O) groups excluding carboxylic acids is 2. The third-order valence-corrected chi connectivity index (χ3v) is 7.48. The van der Waals surface area contributed by atoms with Crippen molar-refractivity contribution in [2.24, 2.45) is 0 Å². The lowest BCUT2D eigenvalue weighted by molar-refractivity contribution is 0.0771. The van der Waals surface area contributed by atoms with Crippen LogP contribution in [0, 0.1) is 0 Å². The van der Waals surface area contributed by atoms with Gasteiger partial charge in [0.1, 0.15) is 5.00 Å². The maximum absolute atomic E-state index is 13.2. The molecule has 2 aromatic heterocycles. The van der Waals surface area contributed by atoms with Crippen LogP contribution >= 0.6 is 11.3 Å². The smallest absolute Gasteiger partial charge is 0.257 e. The predicted octanol–water partition coefficient (Wildman–Crippen LogP) is 2.48. The molecule has 0 spiro atoms. The quantitative estimate of drug-likeness (QED) is 0.854. The molecule has 0 atom stereocenters. The van der Waals surface area contributed by atoms with Gasteiger partial charge in [0.15, 0.2) is 0 Å². The Morgan fingerprint density at radius 3 is 2.70 bits per heavy atom. The zero-order valence-electron chi connectivity index (χ0n) is 14.9. The third kappa shape index (κ3) is 3.82. The summed E-state index contributed by atoms with van der Waals surface area (Å²) in [6.07, 6.45) is 7.13. The van der Waals surface area contributed by atoms with Gasteiger partial charge in [0, 0.05) is 52.7 Å². The van der Waals surface area contributed by atoms with Gasteiger partial charge in [-0.15, -0.1) is 11.3 Å². The molecule has 0 radical (unpaired) electrons. The third-order valence-electron chi connectivity index (χ3n) is 5.00. The Balaban J connectivity index is 1.65. The highest BCUT2D eigenvalue weighted by molar-refractivity contribution is 7.85. The van der Waals surface area contributed by atoms with Crippen molar-refractivity contribution >= 4 is 39.0 Å². The van der Waals surface area contributed by atoms with Crippen molar-refractivity contribution in [2.75, 3.05) is 29.9 Å². The van der Waals surface area contributed by atoms with Crippen molar-refractivity contribution in [1.29, 1.82) is 0 Å². The van der Waals surface area contributed by atoms with Crippen molar-refractivity contribution < 1.29 is 13.8 Å². The Kier molecular flexibility index (Phi) is 5.36. The number of rotatable bonds is 3. The SMILES string of the molecule is O=C(Nc1sc2c(c1C(=O)N1CCS(=O)CC1)CCCC2)c1cccnc1. The molecule has 1 saturated heterocycles. The van der Waals surface area contributed by atoms with E-state index < -0.39 is 10.8 Å². The standard InChI is InChI=1S/C19H21N3O3S2/c23-17(13-4-3-7-20-12-13)21-18-16(14-5-1-2-6-15(14)26-18)19(24)22-8-10-27(25)11-9-22/h3-4,7,12H,1-2,5-6,8-11H2,(H,21,23). The van der Waals surface area contributed by atoms with E-state index in [0.29, 0.717) is 40.7 Å². The van der Waals surface area contributed by atoms with Crippen molar-refractivity contribution in [3.05, 3.63) is 46.1 Å². The second kappa shape index (κ2) is 7.90. The van der Waals surface area contributed by atoms with Crippen LogP contribution in [0.1, 0.15) is 44.0 Å². The summed E-state index contributed by atoms with van der Waals surface area (Å²) >= 11 is 1.52. The molecular weight excluding hydrogens is 382 g/mol. The molecule has 1 aliphatic heterocycles. The van der Waals surface area contributed by atoms with Crippen LogP contribution in [0.5, 0.6) is 0 Å². The molecule has 0 unspecified atom stereocenters. The van der Waals surface area contributed by atoms with Crippen LogP contribution in [0.4, 0.5) is 5.00 Å². The Hall–Kier alpha value is -2.06. The first-order valence-corrected chi connectivity index (χ1v) is 11.4. The number of hydrogen-bond acceptors (Lipinski definition) is 5. The number of aromatic nitrogens is 1. The van der Waals surface area contributed by atoms with Gasteiger partial charge in [0.2, 0.25) is 0 Å². The van der Waals surface area contributed by atoms with Crippen LogP contribution in [-0.4, -0.2) is 50.5 Å². The maximum atomic E-state index is 13.2. The fourth-order valence-electron chi connectivity index (χ4n) is 3.55. The Bertz CT molecular complexity index is 885. The first-order valence-electron chi connectivity index (χ1n) is 9.13. The van der Waals surface area contributed by atoms with E-state index in [-0.39, 0.29) is 11.8 Å². The molecule has 0 saturated carbocycles. The number of hydrogen-bond donors (Lipinski definition) is 1. The van der Waals surface area contributed by atoms with Gasteiger partial charge in [0.05, 0.1) is 11.1 Å². The average Bonchev–Trinajstić information content (AvgIpc) is 3.06. The molecule has 8 heteroatoms. The molecule has 4 rings (SSSR count). The molecule has 1 fully saturated rings. The Morgan fingerprint density at radius 2 is 1.96 bits per heavy atom. The molecule has 0 aromatic carbocycles. The van der Waals surface area contributed by atoms with Crippen molar-refractivity contribution in [3.63, 3.8) is 0 Å². The topological polar surface area (TPSA) is 79.4 Å². The summed E-state index contributed by atoms with van der Waals surface area (Å²) in [6, 6.07) is 3.42. The average molecular weight is 404 g/mol. The highest BCUT2D eigenvalue weighted by Gasteiger charge is 2.30. The molecule has 1 aliphatic carbocycles. The minimum atomic E-state index is -0.834. The molecule has 2 amide bonds. The minimum Gasteiger partial charge on any atom is -0.337 e. The van der Waals surface area contributed by atoms with E-state index in [0.717, 1.165) is 31.2 Å². The van der Waals surface area contributed by atoms with Gasteiger partial charge in [0.25, 0.3) is 11.8 Å². The molecule has 0 bridgehead atoms. The van der Waals surface area contributed by atoms with Crippen LogP contribution in [0.25, 0.3) is 0 Å². The van der Waals surface area contributed by atoms with E-state index in [4.69, 9.17) is 0 Å². The first-order chi connectivity index (χ1) is 13.1. The van der Waals surface area contributed by atoms with Crippen molar-refractivity contribution in [1.82, 2.24) is 9.88 Å². The van der Waals surface area contributed by atoms with Crippen LogP contribution in [0.3, 0.4) is 0 Å². The summed E-state index contributed by atoms with van der Waals surface area (Å²) in [5.74, 6) is 0.744. The second-order valence-electron chi connectivity index (χ2n) is 6.75. The summed E-state index contributed by atoms with van der Waals surface area (Å²) in [7, 11) is -0.834. The van der Waals surface area contributed by atoms with Gasteiger partial charge in [-0.25, -0.2) is 0 Å². The lowest BCUT2D eigenvalue weighted by Gasteiger charge is -2.27. The summed E-state index contributed by atoms with van der Waals surface area (Å²) in [5.41, 5.74) is 2.19. The van der Waals surface area contributed by atoms with Gasteiger partial charge in [-0.3, -0.25) is 18.8 Å². The maximum Gasteiger partial charge on any atom is 0.257 e. The second-order valence-corrected chi connectivity index (χ2v) is 9.55. The van der Waals surface area contributed by atoms with E-state index in [1.807, 2.05) is 0 Å². The summed E-state index contributed by atoms with van der Waals surface area (Å²) in [6.45, 7) is 1.01. The number of nitrogens with zero attached hydrogens (tertiary/aromatic N) is 2. The van der Waals surface area contributed by atoms with E-state index in [1.54, 1.807) is 23.2 Å². The molecule has 6 nitrogen and oxygen atoms in total. The molecule has 1 N–H and O–H groups in total. The number of fused-ring (bicyclic) bond motifs is 1. The molecule has 2 aliphatic rings. The molecule has 142 valence electrons. The highest BCUT2D eigenvalue weighted by atomic mass is 32.2. The van der Waals surface area contributed by atoms with E-state index in [9.17, 15) is 13.8 Å². The zero-order valence-corrected chi connectivity index (χ0v) is 16.5. The normalized spacial score (nSPS) is 17.4. The predicted molar refractivity (Wildman–Crippen MR) is 107 cm³/mol. The molecular formula is C19H21N3O3S2.